The summed E-state index contributed by atoms with van der Waals surface area (Å²) in [5.74, 6) is 8.14. The first kappa shape index (κ1) is 15.8. The standard InChI is InChI=1S/C16H30N2O2/c1-11(20-17)12-3-5-13(6-4-12)14-7-9-15(10-8-14)16(19)18-2/h11-15H,3-10,17H2,1-2H3,(H,18,19). The molecule has 20 heavy (non-hydrogen) atoms. The Balaban J connectivity index is 1.74. The third-order valence-corrected chi connectivity index (χ3v) is 5.75. The summed E-state index contributed by atoms with van der Waals surface area (Å²) in [6, 6.07) is 0. The topological polar surface area (TPSA) is 64.3 Å². The largest absolute Gasteiger partial charge is 0.359 e. The second-order valence-electron chi connectivity index (χ2n) is 6.74. The summed E-state index contributed by atoms with van der Waals surface area (Å²) in [7, 11) is 1.75. The molecule has 0 saturated heterocycles. The van der Waals surface area contributed by atoms with Gasteiger partial charge in [-0.1, -0.05) is 0 Å². The molecule has 0 radical (unpaired) electrons. The van der Waals surface area contributed by atoms with Gasteiger partial charge in [-0.05, 0) is 76.0 Å². The minimum absolute atomic E-state index is 0.194. The van der Waals surface area contributed by atoms with Gasteiger partial charge in [-0.2, -0.15) is 0 Å². The van der Waals surface area contributed by atoms with E-state index in [2.05, 4.69) is 12.2 Å². The highest BCUT2D eigenvalue weighted by Gasteiger charge is 2.33. The monoisotopic (exact) mass is 282 g/mol. The van der Waals surface area contributed by atoms with Gasteiger partial charge in [-0.25, -0.2) is 5.90 Å². The van der Waals surface area contributed by atoms with E-state index in [1.54, 1.807) is 7.05 Å². The van der Waals surface area contributed by atoms with Gasteiger partial charge in [0.25, 0.3) is 0 Å². The summed E-state index contributed by atoms with van der Waals surface area (Å²) in [6.45, 7) is 2.08. The summed E-state index contributed by atoms with van der Waals surface area (Å²) in [4.78, 5) is 16.6. The molecule has 2 fully saturated rings. The molecule has 0 aromatic rings. The van der Waals surface area contributed by atoms with E-state index in [1.807, 2.05) is 0 Å². The zero-order chi connectivity index (χ0) is 14.5. The minimum Gasteiger partial charge on any atom is -0.359 e. The van der Waals surface area contributed by atoms with Crippen LogP contribution in [0, 0.1) is 23.7 Å². The molecular formula is C16H30N2O2. The van der Waals surface area contributed by atoms with Crippen molar-refractivity contribution >= 4 is 5.91 Å². The van der Waals surface area contributed by atoms with Crippen LogP contribution >= 0.6 is 0 Å². The fourth-order valence-electron chi connectivity index (χ4n) is 4.25. The number of hydrogen-bond donors (Lipinski definition) is 2. The number of amides is 1. The maximum atomic E-state index is 11.7. The molecule has 3 N–H and O–H groups in total. The van der Waals surface area contributed by atoms with Crippen LogP contribution in [-0.2, 0) is 9.63 Å². The molecule has 0 heterocycles. The molecule has 0 aliphatic heterocycles. The van der Waals surface area contributed by atoms with Crippen molar-refractivity contribution in [2.45, 2.75) is 64.4 Å². The number of nitrogens with one attached hydrogen (secondary N) is 1. The van der Waals surface area contributed by atoms with E-state index in [1.165, 1.54) is 38.5 Å². The second kappa shape index (κ2) is 7.41. The fourth-order valence-corrected chi connectivity index (χ4v) is 4.25. The van der Waals surface area contributed by atoms with Crippen LogP contribution in [0.15, 0.2) is 0 Å². The van der Waals surface area contributed by atoms with E-state index < -0.39 is 0 Å². The number of hydrogen-bond acceptors (Lipinski definition) is 3. The zero-order valence-corrected chi connectivity index (χ0v) is 12.9. The molecule has 2 aliphatic carbocycles. The van der Waals surface area contributed by atoms with Crippen molar-refractivity contribution in [3.05, 3.63) is 0 Å². The first-order valence-electron chi connectivity index (χ1n) is 8.22. The molecular weight excluding hydrogens is 252 g/mol. The Kier molecular flexibility index (Phi) is 5.85. The Morgan fingerprint density at radius 3 is 2.00 bits per heavy atom. The zero-order valence-electron chi connectivity index (χ0n) is 12.9. The quantitative estimate of drug-likeness (QED) is 0.779. The van der Waals surface area contributed by atoms with Crippen molar-refractivity contribution in [1.29, 1.82) is 0 Å². The lowest BCUT2D eigenvalue weighted by Crippen LogP contribution is -2.34. The van der Waals surface area contributed by atoms with Gasteiger partial charge in [0.1, 0.15) is 0 Å². The van der Waals surface area contributed by atoms with E-state index in [4.69, 9.17) is 10.7 Å². The minimum atomic E-state index is 0.194. The van der Waals surface area contributed by atoms with Gasteiger partial charge in [0.2, 0.25) is 5.91 Å². The second-order valence-corrected chi connectivity index (χ2v) is 6.74. The molecule has 4 heteroatoms. The van der Waals surface area contributed by atoms with Crippen LogP contribution in [0.2, 0.25) is 0 Å². The van der Waals surface area contributed by atoms with E-state index in [9.17, 15) is 4.79 Å². The Morgan fingerprint density at radius 2 is 1.55 bits per heavy atom. The van der Waals surface area contributed by atoms with Gasteiger partial charge in [0, 0.05) is 13.0 Å². The highest BCUT2D eigenvalue weighted by molar-refractivity contribution is 5.78. The summed E-state index contributed by atoms with van der Waals surface area (Å²) in [5, 5.41) is 2.79. The molecule has 2 rings (SSSR count). The summed E-state index contributed by atoms with van der Waals surface area (Å²) >= 11 is 0. The molecule has 1 unspecified atom stereocenters. The lowest BCUT2D eigenvalue weighted by molar-refractivity contribution is -0.125. The molecule has 0 spiro atoms. The van der Waals surface area contributed by atoms with Gasteiger partial charge in [0.05, 0.1) is 6.10 Å². The highest BCUT2D eigenvalue weighted by Crippen LogP contribution is 2.42. The molecule has 0 aromatic heterocycles. The van der Waals surface area contributed by atoms with Gasteiger partial charge < -0.3 is 10.2 Å². The average Bonchev–Trinajstić information content (AvgIpc) is 2.53. The SMILES string of the molecule is CNC(=O)C1CCC(C2CCC(C(C)ON)CC2)CC1. The Bertz CT molecular complexity index is 306. The molecule has 4 nitrogen and oxygen atoms in total. The van der Waals surface area contributed by atoms with Crippen LogP contribution in [0.25, 0.3) is 0 Å². The van der Waals surface area contributed by atoms with Gasteiger partial charge in [-0.3, -0.25) is 4.79 Å². The van der Waals surface area contributed by atoms with Crippen LogP contribution in [0.1, 0.15) is 58.3 Å². The molecule has 0 aromatic carbocycles. The summed E-state index contributed by atoms with van der Waals surface area (Å²) in [5.41, 5.74) is 0. The van der Waals surface area contributed by atoms with E-state index >= 15 is 0 Å². The lowest BCUT2D eigenvalue weighted by Gasteiger charge is -2.38. The van der Waals surface area contributed by atoms with Gasteiger partial charge in [-0.15, -0.1) is 0 Å². The van der Waals surface area contributed by atoms with Crippen LogP contribution in [0.3, 0.4) is 0 Å². The van der Waals surface area contributed by atoms with Gasteiger partial charge >= 0.3 is 0 Å². The van der Waals surface area contributed by atoms with Crippen LogP contribution in [-0.4, -0.2) is 19.1 Å². The average molecular weight is 282 g/mol. The van der Waals surface area contributed by atoms with Crippen molar-refractivity contribution in [1.82, 2.24) is 5.32 Å². The maximum Gasteiger partial charge on any atom is 0.222 e. The molecule has 2 saturated carbocycles. The van der Waals surface area contributed by atoms with Crippen LogP contribution in [0.4, 0.5) is 0 Å². The normalized spacial score (nSPS) is 36.4. The Morgan fingerprint density at radius 1 is 1.05 bits per heavy atom. The van der Waals surface area contributed by atoms with Crippen LogP contribution < -0.4 is 11.2 Å². The number of carbonyl (C=O) groups is 1. The predicted octanol–water partition coefficient (Wildman–Crippen LogP) is 2.62. The molecule has 2 aliphatic rings. The third-order valence-electron chi connectivity index (χ3n) is 5.75. The number of rotatable bonds is 4. The van der Waals surface area contributed by atoms with Crippen molar-refractivity contribution < 1.29 is 9.63 Å². The van der Waals surface area contributed by atoms with Crippen molar-refractivity contribution in [2.75, 3.05) is 7.05 Å². The van der Waals surface area contributed by atoms with E-state index in [0.29, 0.717) is 5.92 Å². The first-order chi connectivity index (χ1) is 9.65. The maximum absolute atomic E-state index is 11.7. The van der Waals surface area contributed by atoms with E-state index in [-0.39, 0.29) is 17.9 Å². The molecule has 1 atom stereocenters. The summed E-state index contributed by atoms with van der Waals surface area (Å²) < 4.78 is 0. The number of carbonyl (C=O) groups excluding carboxylic acids is 1. The summed E-state index contributed by atoms with van der Waals surface area (Å²) in [6.07, 6.45) is 9.93. The van der Waals surface area contributed by atoms with E-state index in [0.717, 1.165) is 24.7 Å². The number of nitrogens with two attached hydrogens (primary N) is 1. The molecule has 0 bridgehead atoms. The third kappa shape index (κ3) is 3.73. The smallest absolute Gasteiger partial charge is 0.222 e. The highest BCUT2D eigenvalue weighted by atomic mass is 16.6. The van der Waals surface area contributed by atoms with Crippen LogP contribution in [0.5, 0.6) is 0 Å². The first-order valence-corrected chi connectivity index (χ1v) is 8.22. The lowest BCUT2D eigenvalue weighted by atomic mass is 9.68. The predicted molar refractivity (Wildman–Crippen MR) is 79.7 cm³/mol. The van der Waals surface area contributed by atoms with Gasteiger partial charge in [0.15, 0.2) is 0 Å². The fraction of sp³-hybridized carbons (Fsp3) is 0.938. The Labute approximate surface area is 122 Å². The van der Waals surface area contributed by atoms with Crippen molar-refractivity contribution in [2.24, 2.45) is 29.6 Å². The molecule has 1 amide bonds. The van der Waals surface area contributed by atoms with Crippen molar-refractivity contribution in [3.63, 3.8) is 0 Å². The molecule has 116 valence electrons. The van der Waals surface area contributed by atoms with Crippen molar-refractivity contribution in [3.8, 4) is 0 Å². The Hall–Kier alpha value is -0.610.